The van der Waals surface area contributed by atoms with Crippen molar-refractivity contribution >= 4 is 39.9 Å². The van der Waals surface area contributed by atoms with E-state index in [4.69, 9.17) is 9.47 Å². The first-order valence-corrected chi connectivity index (χ1v) is 11.1. The number of nitrogens with one attached hydrogen (secondary N) is 2. The van der Waals surface area contributed by atoms with Gasteiger partial charge in [-0.05, 0) is 79.2 Å². The lowest BCUT2D eigenvalue weighted by Gasteiger charge is -2.06. The number of ether oxygens (including phenoxy) is 2. The molecular formula is C25H22BrN3O5. The maximum atomic E-state index is 12.3. The lowest BCUT2D eigenvalue weighted by Crippen LogP contribution is -2.34. The van der Waals surface area contributed by atoms with Crippen molar-refractivity contribution in [3.8, 4) is 11.5 Å². The maximum absolute atomic E-state index is 12.3. The van der Waals surface area contributed by atoms with Crippen LogP contribution in [0.4, 0.5) is 0 Å². The van der Waals surface area contributed by atoms with Gasteiger partial charge in [0.2, 0.25) is 0 Å². The van der Waals surface area contributed by atoms with E-state index in [9.17, 15) is 14.4 Å². The third kappa shape index (κ3) is 7.56. The van der Waals surface area contributed by atoms with Gasteiger partial charge in [0.05, 0.1) is 24.9 Å². The molecule has 3 rings (SSSR count). The molecular weight excluding hydrogens is 502 g/mol. The van der Waals surface area contributed by atoms with Gasteiger partial charge in [-0.2, -0.15) is 5.10 Å². The van der Waals surface area contributed by atoms with Crippen molar-refractivity contribution in [2.24, 2.45) is 5.10 Å². The van der Waals surface area contributed by atoms with Gasteiger partial charge in [-0.1, -0.05) is 22.0 Å². The van der Waals surface area contributed by atoms with E-state index in [1.54, 1.807) is 72.8 Å². The molecule has 0 spiro atoms. The lowest BCUT2D eigenvalue weighted by molar-refractivity contribution is -0.120. The molecule has 0 aromatic heterocycles. The van der Waals surface area contributed by atoms with E-state index in [-0.39, 0.29) is 12.5 Å². The van der Waals surface area contributed by atoms with Crippen molar-refractivity contribution in [2.75, 3.05) is 13.2 Å². The smallest absolute Gasteiger partial charge is 0.343 e. The Morgan fingerprint density at radius 3 is 2.32 bits per heavy atom. The topological polar surface area (TPSA) is 106 Å². The highest BCUT2D eigenvalue weighted by Crippen LogP contribution is 2.16. The highest BCUT2D eigenvalue weighted by molar-refractivity contribution is 9.10. The van der Waals surface area contributed by atoms with Crippen LogP contribution in [0.3, 0.4) is 0 Å². The zero-order valence-corrected chi connectivity index (χ0v) is 19.9. The predicted octanol–water partition coefficient (Wildman–Crippen LogP) is 3.95. The molecule has 34 heavy (non-hydrogen) atoms. The molecule has 174 valence electrons. The molecule has 0 saturated carbocycles. The Hall–Kier alpha value is -3.98. The first-order chi connectivity index (χ1) is 16.4. The molecule has 8 nitrogen and oxygen atoms in total. The van der Waals surface area contributed by atoms with Crippen molar-refractivity contribution in [3.05, 3.63) is 94.0 Å². The highest BCUT2D eigenvalue weighted by Gasteiger charge is 2.09. The maximum Gasteiger partial charge on any atom is 0.343 e. The summed E-state index contributed by atoms with van der Waals surface area (Å²) in [5, 5.41) is 6.39. The number of halogens is 1. The molecule has 0 aliphatic carbocycles. The lowest BCUT2D eigenvalue weighted by atomic mass is 10.2. The molecule has 0 fully saturated rings. The number of carbonyl (C=O) groups excluding carboxylic acids is 3. The van der Waals surface area contributed by atoms with Crippen LogP contribution in [-0.4, -0.2) is 37.1 Å². The van der Waals surface area contributed by atoms with Gasteiger partial charge in [-0.15, -0.1) is 0 Å². The third-order valence-electron chi connectivity index (χ3n) is 4.39. The minimum Gasteiger partial charge on any atom is -0.494 e. The number of amides is 2. The fourth-order valence-corrected chi connectivity index (χ4v) is 3.15. The zero-order chi connectivity index (χ0) is 24.3. The van der Waals surface area contributed by atoms with Gasteiger partial charge in [-0.25, -0.2) is 10.2 Å². The fourth-order valence-electron chi connectivity index (χ4n) is 2.75. The Balaban J connectivity index is 1.44. The molecule has 2 N–H and O–H groups in total. The quantitative estimate of drug-likeness (QED) is 0.191. The molecule has 3 aromatic rings. The zero-order valence-electron chi connectivity index (χ0n) is 18.3. The highest BCUT2D eigenvalue weighted by atomic mass is 79.9. The van der Waals surface area contributed by atoms with Crippen LogP contribution in [0.5, 0.6) is 11.5 Å². The second-order valence-corrected chi connectivity index (χ2v) is 7.82. The number of hydrogen-bond acceptors (Lipinski definition) is 6. The number of rotatable bonds is 9. The van der Waals surface area contributed by atoms with Crippen LogP contribution < -0.4 is 20.2 Å². The Bertz CT molecular complexity index is 1180. The summed E-state index contributed by atoms with van der Waals surface area (Å²) in [4.78, 5) is 36.2. The molecule has 0 atom stereocenters. The summed E-state index contributed by atoms with van der Waals surface area (Å²) in [6.07, 6.45) is 1.44. The first-order valence-electron chi connectivity index (χ1n) is 10.4. The van der Waals surface area contributed by atoms with Gasteiger partial charge >= 0.3 is 5.97 Å². The van der Waals surface area contributed by atoms with Crippen LogP contribution in [-0.2, 0) is 4.79 Å². The Morgan fingerprint density at radius 1 is 0.941 bits per heavy atom. The van der Waals surface area contributed by atoms with Gasteiger partial charge in [0.15, 0.2) is 0 Å². The minimum absolute atomic E-state index is 0.219. The van der Waals surface area contributed by atoms with Crippen LogP contribution in [0.2, 0.25) is 0 Å². The largest absolute Gasteiger partial charge is 0.494 e. The summed E-state index contributed by atoms with van der Waals surface area (Å²) < 4.78 is 11.5. The number of hydrogen-bond donors (Lipinski definition) is 2. The van der Waals surface area contributed by atoms with Gasteiger partial charge in [0.1, 0.15) is 11.5 Å². The van der Waals surface area contributed by atoms with Crippen molar-refractivity contribution in [1.29, 1.82) is 0 Å². The van der Waals surface area contributed by atoms with E-state index in [1.807, 2.05) is 6.92 Å². The van der Waals surface area contributed by atoms with Crippen LogP contribution in [0.1, 0.15) is 33.2 Å². The molecule has 0 radical (unpaired) electrons. The second kappa shape index (κ2) is 12.3. The number of esters is 1. The number of hydrazone groups is 1. The number of nitrogens with zero attached hydrogens (tertiary/aromatic N) is 1. The van der Waals surface area contributed by atoms with E-state index < -0.39 is 11.9 Å². The van der Waals surface area contributed by atoms with Gasteiger partial charge < -0.3 is 14.8 Å². The van der Waals surface area contributed by atoms with Crippen molar-refractivity contribution in [1.82, 2.24) is 10.7 Å². The standard InChI is InChI=1S/C25H22BrN3O5/c1-2-33-21-12-8-18(9-13-21)25(32)34-22-10-6-17(7-11-22)15-28-29-23(30)16-27-24(31)19-4-3-5-20(26)14-19/h3-15H,2,16H2,1H3,(H,27,31)(H,29,30)/b28-15-. The molecule has 0 heterocycles. The molecule has 3 aromatic carbocycles. The Morgan fingerprint density at radius 2 is 1.65 bits per heavy atom. The van der Waals surface area contributed by atoms with E-state index >= 15 is 0 Å². The van der Waals surface area contributed by atoms with Crippen molar-refractivity contribution in [2.45, 2.75) is 6.92 Å². The van der Waals surface area contributed by atoms with Crippen LogP contribution in [0.15, 0.2) is 82.4 Å². The summed E-state index contributed by atoms with van der Waals surface area (Å²) in [7, 11) is 0. The summed E-state index contributed by atoms with van der Waals surface area (Å²) in [5.74, 6) is -0.269. The molecule has 0 aliphatic heterocycles. The van der Waals surface area contributed by atoms with E-state index in [0.29, 0.717) is 34.8 Å². The van der Waals surface area contributed by atoms with Crippen LogP contribution >= 0.6 is 15.9 Å². The van der Waals surface area contributed by atoms with E-state index in [2.05, 4.69) is 31.8 Å². The van der Waals surface area contributed by atoms with E-state index in [1.165, 1.54) is 6.21 Å². The van der Waals surface area contributed by atoms with E-state index in [0.717, 1.165) is 4.47 Å². The van der Waals surface area contributed by atoms with Gasteiger partial charge in [-0.3, -0.25) is 9.59 Å². The summed E-state index contributed by atoms with van der Waals surface area (Å²) >= 11 is 3.29. The molecule has 2 amide bonds. The summed E-state index contributed by atoms with van der Waals surface area (Å²) in [6.45, 7) is 2.21. The average Bonchev–Trinajstić information content (AvgIpc) is 2.84. The summed E-state index contributed by atoms with van der Waals surface area (Å²) in [5.41, 5.74) is 3.87. The average molecular weight is 524 g/mol. The van der Waals surface area contributed by atoms with Crippen LogP contribution in [0, 0.1) is 0 Å². The fraction of sp³-hybridized carbons (Fsp3) is 0.120. The SMILES string of the molecule is CCOc1ccc(C(=O)Oc2ccc(/C=N\NC(=O)CNC(=O)c3cccc(Br)c3)cc2)cc1. The molecule has 9 heteroatoms. The van der Waals surface area contributed by atoms with Crippen LogP contribution in [0.25, 0.3) is 0 Å². The first kappa shape index (κ1) is 24.7. The third-order valence-corrected chi connectivity index (χ3v) is 4.88. The normalized spacial score (nSPS) is 10.5. The number of carbonyl (C=O) groups is 3. The molecule has 0 saturated heterocycles. The Kier molecular flexibility index (Phi) is 8.93. The van der Waals surface area contributed by atoms with Crippen molar-refractivity contribution in [3.63, 3.8) is 0 Å². The molecule has 0 aliphatic rings. The number of benzene rings is 3. The van der Waals surface area contributed by atoms with Gasteiger partial charge in [0.25, 0.3) is 11.8 Å². The molecule has 0 unspecified atom stereocenters. The monoisotopic (exact) mass is 523 g/mol. The second-order valence-electron chi connectivity index (χ2n) is 6.90. The summed E-state index contributed by atoms with van der Waals surface area (Å²) in [6, 6.07) is 20.1. The molecule has 0 bridgehead atoms. The Labute approximate surface area is 205 Å². The van der Waals surface area contributed by atoms with Gasteiger partial charge in [0, 0.05) is 10.0 Å². The minimum atomic E-state index is -0.485. The van der Waals surface area contributed by atoms with Crippen molar-refractivity contribution < 1.29 is 23.9 Å². The predicted molar refractivity (Wildman–Crippen MR) is 131 cm³/mol.